The minimum absolute atomic E-state index is 0.128. The van der Waals surface area contributed by atoms with Crippen molar-refractivity contribution in [2.45, 2.75) is 12.5 Å². The van der Waals surface area contributed by atoms with Crippen molar-refractivity contribution in [3.05, 3.63) is 46.9 Å². The van der Waals surface area contributed by atoms with E-state index in [9.17, 15) is 4.79 Å². The van der Waals surface area contributed by atoms with Crippen LogP contribution >= 0.6 is 27.3 Å². The first kappa shape index (κ1) is 20.1. The van der Waals surface area contributed by atoms with Crippen molar-refractivity contribution in [3.63, 3.8) is 0 Å². The molecule has 0 radical (unpaired) electrons. The lowest BCUT2D eigenvalue weighted by molar-refractivity contribution is -0.127. The monoisotopic (exact) mass is 475 g/mol. The van der Waals surface area contributed by atoms with Crippen molar-refractivity contribution in [3.8, 4) is 11.5 Å². The number of hydrogen-bond acceptors (Lipinski definition) is 6. The highest BCUT2D eigenvalue weighted by atomic mass is 79.9. The van der Waals surface area contributed by atoms with Gasteiger partial charge in [0.25, 0.3) is 5.91 Å². The second-order valence-electron chi connectivity index (χ2n) is 7.12. The molecular formula is C21H22BrN3O3S. The molecular weight excluding hydrogens is 454 g/mol. The van der Waals surface area contributed by atoms with Crippen molar-refractivity contribution in [1.29, 1.82) is 0 Å². The van der Waals surface area contributed by atoms with Gasteiger partial charge in [-0.05, 0) is 57.4 Å². The molecule has 1 aliphatic heterocycles. The van der Waals surface area contributed by atoms with E-state index in [4.69, 9.17) is 14.5 Å². The van der Waals surface area contributed by atoms with Gasteiger partial charge in [-0.1, -0.05) is 39.4 Å². The van der Waals surface area contributed by atoms with Gasteiger partial charge in [-0.15, -0.1) is 0 Å². The molecule has 152 valence electrons. The highest BCUT2D eigenvalue weighted by molar-refractivity contribution is 9.10. The molecule has 0 bridgehead atoms. The van der Waals surface area contributed by atoms with E-state index in [0.717, 1.165) is 27.7 Å². The number of amides is 1. The first-order valence-corrected chi connectivity index (χ1v) is 11.0. The first-order chi connectivity index (χ1) is 14.0. The Bertz CT molecular complexity index is 1020. The molecule has 29 heavy (non-hydrogen) atoms. The van der Waals surface area contributed by atoms with Gasteiger partial charge < -0.3 is 14.4 Å². The molecule has 2 heterocycles. The number of carbonyl (C=O) groups is 1. The molecule has 0 spiro atoms. The van der Waals surface area contributed by atoms with E-state index >= 15 is 0 Å². The average Bonchev–Trinajstić information content (AvgIpc) is 3.13. The van der Waals surface area contributed by atoms with Gasteiger partial charge in [0.2, 0.25) is 6.10 Å². The summed E-state index contributed by atoms with van der Waals surface area (Å²) in [6.45, 7) is 1.64. The fourth-order valence-electron chi connectivity index (χ4n) is 3.16. The maximum atomic E-state index is 13.4. The Labute approximate surface area is 182 Å². The smallest absolute Gasteiger partial charge is 0.273 e. The number of para-hydroxylation sites is 2. The van der Waals surface area contributed by atoms with Gasteiger partial charge in [-0.3, -0.25) is 9.69 Å². The van der Waals surface area contributed by atoms with E-state index in [1.54, 1.807) is 4.90 Å². The zero-order valence-corrected chi connectivity index (χ0v) is 18.7. The molecule has 1 amide bonds. The summed E-state index contributed by atoms with van der Waals surface area (Å²) in [6.07, 6.45) is 0.144. The number of thiazole rings is 1. The molecule has 0 saturated heterocycles. The van der Waals surface area contributed by atoms with Crippen LogP contribution in [0.2, 0.25) is 0 Å². The second-order valence-corrected chi connectivity index (χ2v) is 9.04. The second kappa shape index (κ2) is 8.69. The van der Waals surface area contributed by atoms with E-state index in [0.29, 0.717) is 23.2 Å². The van der Waals surface area contributed by atoms with E-state index in [2.05, 4.69) is 20.8 Å². The van der Waals surface area contributed by atoms with Crippen molar-refractivity contribution in [2.24, 2.45) is 0 Å². The van der Waals surface area contributed by atoms with Crippen LogP contribution in [0.25, 0.3) is 10.2 Å². The van der Waals surface area contributed by atoms with Crippen LogP contribution in [-0.4, -0.2) is 55.7 Å². The third kappa shape index (κ3) is 4.55. The van der Waals surface area contributed by atoms with Crippen LogP contribution in [0.4, 0.5) is 5.13 Å². The first-order valence-electron chi connectivity index (χ1n) is 9.42. The SMILES string of the molecule is CN(C)CCCN(C(=O)C1COc2ccccc2O1)c1nc2ccc(Br)cc2s1. The Hall–Kier alpha value is -2.16. The van der Waals surface area contributed by atoms with Gasteiger partial charge in [0.05, 0.1) is 10.2 Å². The molecule has 0 saturated carbocycles. The van der Waals surface area contributed by atoms with Gasteiger partial charge in [-0.2, -0.15) is 0 Å². The van der Waals surface area contributed by atoms with E-state index in [-0.39, 0.29) is 12.5 Å². The predicted molar refractivity (Wildman–Crippen MR) is 119 cm³/mol. The van der Waals surface area contributed by atoms with E-state index in [1.807, 2.05) is 56.6 Å². The standard InChI is InChI=1S/C21H22BrN3O3S/c1-24(2)10-5-11-25(21-23-15-9-8-14(22)12-19(15)29-21)20(26)18-13-27-16-6-3-4-7-17(16)28-18/h3-4,6-9,12,18H,5,10-11,13H2,1-2H3. The lowest BCUT2D eigenvalue weighted by atomic mass is 10.2. The lowest BCUT2D eigenvalue weighted by Crippen LogP contribution is -2.47. The number of ether oxygens (including phenoxy) is 2. The molecule has 1 aromatic heterocycles. The Morgan fingerprint density at radius 1 is 1.21 bits per heavy atom. The Morgan fingerprint density at radius 3 is 2.79 bits per heavy atom. The molecule has 2 aromatic carbocycles. The van der Waals surface area contributed by atoms with Crippen molar-refractivity contribution in [2.75, 3.05) is 38.7 Å². The van der Waals surface area contributed by atoms with Crippen LogP contribution in [0, 0.1) is 0 Å². The largest absolute Gasteiger partial charge is 0.485 e. The average molecular weight is 476 g/mol. The van der Waals surface area contributed by atoms with E-state index in [1.165, 1.54) is 11.3 Å². The third-order valence-corrected chi connectivity index (χ3v) is 6.14. The molecule has 8 heteroatoms. The zero-order valence-electron chi connectivity index (χ0n) is 16.3. The highest BCUT2D eigenvalue weighted by Gasteiger charge is 2.33. The van der Waals surface area contributed by atoms with Crippen LogP contribution in [0.3, 0.4) is 0 Å². The molecule has 0 fully saturated rings. The normalized spacial score (nSPS) is 15.7. The summed E-state index contributed by atoms with van der Waals surface area (Å²) in [6, 6.07) is 13.4. The number of anilines is 1. The summed E-state index contributed by atoms with van der Waals surface area (Å²) >= 11 is 5.01. The summed E-state index contributed by atoms with van der Waals surface area (Å²) in [5.74, 6) is 1.13. The van der Waals surface area contributed by atoms with Crippen LogP contribution in [0.1, 0.15) is 6.42 Å². The fraction of sp³-hybridized carbons (Fsp3) is 0.333. The molecule has 0 N–H and O–H groups in total. The van der Waals surface area contributed by atoms with Crippen LogP contribution < -0.4 is 14.4 Å². The van der Waals surface area contributed by atoms with Gasteiger partial charge in [0, 0.05) is 11.0 Å². The summed E-state index contributed by atoms with van der Waals surface area (Å²) in [7, 11) is 4.05. The van der Waals surface area contributed by atoms with Gasteiger partial charge in [0.15, 0.2) is 16.6 Å². The number of hydrogen-bond donors (Lipinski definition) is 0. The minimum Gasteiger partial charge on any atom is -0.485 e. The number of rotatable bonds is 6. The topological polar surface area (TPSA) is 54.9 Å². The predicted octanol–water partition coefficient (Wildman–Crippen LogP) is 4.18. The minimum atomic E-state index is -0.692. The van der Waals surface area contributed by atoms with Gasteiger partial charge in [-0.25, -0.2) is 4.98 Å². The van der Waals surface area contributed by atoms with E-state index < -0.39 is 6.10 Å². The van der Waals surface area contributed by atoms with Crippen molar-refractivity contribution < 1.29 is 14.3 Å². The van der Waals surface area contributed by atoms with Gasteiger partial charge >= 0.3 is 0 Å². The number of benzene rings is 2. The summed E-state index contributed by atoms with van der Waals surface area (Å²) in [4.78, 5) is 21.9. The van der Waals surface area contributed by atoms with Crippen LogP contribution in [0.15, 0.2) is 46.9 Å². The molecule has 1 atom stereocenters. The maximum Gasteiger partial charge on any atom is 0.273 e. The fourth-order valence-corrected chi connectivity index (χ4v) is 4.71. The number of aromatic nitrogens is 1. The maximum absolute atomic E-state index is 13.4. The molecule has 1 unspecified atom stereocenters. The Morgan fingerprint density at radius 2 is 2.00 bits per heavy atom. The van der Waals surface area contributed by atoms with Crippen molar-refractivity contribution in [1.82, 2.24) is 9.88 Å². The quantitative estimate of drug-likeness (QED) is 0.534. The number of halogens is 1. The summed E-state index contributed by atoms with van der Waals surface area (Å²) in [5, 5.41) is 0.685. The summed E-state index contributed by atoms with van der Waals surface area (Å²) < 4.78 is 13.7. The van der Waals surface area contributed by atoms with Crippen LogP contribution in [-0.2, 0) is 4.79 Å². The summed E-state index contributed by atoms with van der Waals surface area (Å²) in [5.41, 5.74) is 0.879. The molecule has 3 aromatic rings. The zero-order chi connectivity index (χ0) is 20.4. The lowest BCUT2D eigenvalue weighted by Gasteiger charge is -2.29. The van der Waals surface area contributed by atoms with Crippen LogP contribution in [0.5, 0.6) is 11.5 Å². The Balaban J connectivity index is 1.60. The Kier molecular flexibility index (Phi) is 6.03. The third-order valence-electron chi connectivity index (χ3n) is 4.61. The molecule has 4 rings (SSSR count). The van der Waals surface area contributed by atoms with Gasteiger partial charge in [0.1, 0.15) is 6.61 Å². The molecule has 0 aliphatic carbocycles. The van der Waals surface area contributed by atoms with Crippen molar-refractivity contribution >= 4 is 48.5 Å². The number of nitrogens with zero attached hydrogens (tertiary/aromatic N) is 3. The molecule has 1 aliphatic rings. The number of carbonyl (C=O) groups excluding carboxylic acids is 1. The number of fused-ring (bicyclic) bond motifs is 2. The molecule has 6 nitrogen and oxygen atoms in total. The highest BCUT2D eigenvalue weighted by Crippen LogP contribution is 2.34.